The molecule has 0 atom stereocenters. The van der Waals surface area contributed by atoms with Crippen molar-refractivity contribution in [3.8, 4) is 0 Å². The van der Waals surface area contributed by atoms with E-state index in [9.17, 15) is 5.11 Å². The van der Waals surface area contributed by atoms with Crippen molar-refractivity contribution < 1.29 is 5.11 Å². The van der Waals surface area contributed by atoms with E-state index in [1.807, 2.05) is 0 Å². The minimum absolute atomic E-state index is 0.0833. The van der Waals surface area contributed by atoms with E-state index >= 15 is 0 Å². The number of rotatable bonds is 0. The van der Waals surface area contributed by atoms with E-state index in [-0.39, 0.29) is 5.76 Å². The highest BCUT2D eigenvalue weighted by Gasteiger charge is 1.36. The quantitative estimate of drug-likeness (QED) is 0.355. The Morgan fingerprint density at radius 3 is 2.00 bits per heavy atom. The molecule has 0 aromatic carbocycles. The van der Waals surface area contributed by atoms with Gasteiger partial charge in [0.2, 0.25) is 0 Å². The molecule has 24 valence electrons. The molecule has 4 heavy (non-hydrogen) atoms. The first-order valence-electron chi connectivity index (χ1n) is 1.06. The molecule has 0 N–H and O–H groups in total. The molecule has 0 fully saturated rings. The van der Waals surface area contributed by atoms with Crippen LogP contribution in [-0.2, 0) is 0 Å². The van der Waals surface area contributed by atoms with Crippen molar-refractivity contribution in [3.63, 3.8) is 0 Å². The van der Waals surface area contributed by atoms with Gasteiger partial charge in [-0.2, -0.15) is 0 Å². The van der Waals surface area contributed by atoms with Crippen molar-refractivity contribution in [1.29, 1.82) is 0 Å². The van der Waals surface area contributed by atoms with Gasteiger partial charge in [0.25, 0.3) is 0 Å². The SMILES string of the molecule is C=C(C)[O-]. The van der Waals surface area contributed by atoms with E-state index in [2.05, 4.69) is 6.58 Å². The molecule has 0 bridgehead atoms. The molecule has 0 spiro atoms. The van der Waals surface area contributed by atoms with Gasteiger partial charge in [0, 0.05) is 0 Å². The standard InChI is InChI=1S/C3H6O/c1-3(2)4/h4H,1H2,2H3/p-1. The smallest absolute Gasteiger partial charge is 0.0549 e. The number of allylic oxidation sites excluding steroid dienone is 1. The predicted octanol–water partition coefficient (Wildman–Crippen LogP) is -0.120. The van der Waals surface area contributed by atoms with E-state index in [0.29, 0.717) is 0 Å². The first kappa shape index (κ1) is 3.54. The van der Waals surface area contributed by atoms with Crippen LogP contribution in [0.1, 0.15) is 6.92 Å². The molecule has 0 radical (unpaired) electrons. The average molecular weight is 57.1 g/mol. The Bertz CT molecular complexity index is 26.3. The molecule has 0 aromatic rings. The van der Waals surface area contributed by atoms with Crippen LogP contribution in [0.5, 0.6) is 0 Å². The summed E-state index contributed by atoms with van der Waals surface area (Å²) >= 11 is 0. The van der Waals surface area contributed by atoms with E-state index in [1.165, 1.54) is 6.92 Å². The topological polar surface area (TPSA) is 23.1 Å². The monoisotopic (exact) mass is 57.0 g/mol. The summed E-state index contributed by atoms with van der Waals surface area (Å²) in [7, 11) is 0. The third-order valence-electron chi connectivity index (χ3n) is 0. The summed E-state index contributed by atoms with van der Waals surface area (Å²) in [5.41, 5.74) is 0. The van der Waals surface area contributed by atoms with Crippen LogP contribution < -0.4 is 5.11 Å². The third-order valence-corrected chi connectivity index (χ3v) is 0. The molecule has 1 heteroatoms. The van der Waals surface area contributed by atoms with Gasteiger partial charge in [-0.1, -0.05) is 6.92 Å². The minimum Gasteiger partial charge on any atom is -0.876 e. The maximum absolute atomic E-state index is 9.33. The molecule has 0 heterocycles. The van der Waals surface area contributed by atoms with Gasteiger partial charge in [-0.15, -0.1) is 12.3 Å². The fourth-order valence-electron chi connectivity index (χ4n) is 0. The fraction of sp³-hybridized carbons (Fsp3) is 0.333. The Kier molecular flexibility index (Phi) is 0.826. The van der Waals surface area contributed by atoms with E-state index in [1.54, 1.807) is 0 Å². The summed E-state index contributed by atoms with van der Waals surface area (Å²) < 4.78 is 0. The maximum Gasteiger partial charge on any atom is -0.0549 e. The first-order valence-corrected chi connectivity index (χ1v) is 1.06. The van der Waals surface area contributed by atoms with Crippen molar-refractivity contribution >= 4 is 0 Å². The predicted molar refractivity (Wildman–Crippen MR) is 14.8 cm³/mol. The van der Waals surface area contributed by atoms with Gasteiger partial charge in [-0.25, -0.2) is 0 Å². The molecule has 0 aliphatic heterocycles. The molecule has 0 aliphatic carbocycles. The molecule has 0 rings (SSSR count). The first-order chi connectivity index (χ1) is 1.73. The molecule has 0 aromatic heterocycles. The molecule has 0 unspecified atom stereocenters. The van der Waals surface area contributed by atoms with Crippen molar-refractivity contribution in [3.05, 3.63) is 12.3 Å². The summed E-state index contributed by atoms with van der Waals surface area (Å²) in [5, 5.41) is 9.33. The van der Waals surface area contributed by atoms with E-state index < -0.39 is 0 Å². The van der Waals surface area contributed by atoms with Crippen molar-refractivity contribution in [2.75, 3.05) is 0 Å². The van der Waals surface area contributed by atoms with Gasteiger partial charge in [0.05, 0.1) is 0 Å². The molecular weight excluding hydrogens is 52.0 g/mol. The van der Waals surface area contributed by atoms with Crippen LogP contribution in [0.15, 0.2) is 12.3 Å². The summed E-state index contributed by atoms with van der Waals surface area (Å²) in [6.07, 6.45) is 0. The normalized spacial score (nSPS) is 6.25. The number of hydrogen-bond acceptors (Lipinski definition) is 1. The van der Waals surface area contributed by atoms with Crippen LogP contribution >= 0.6 is 0 Å². The van der Waals surface area contributed by atoms with Crippen LogP contribution in [-0.4, -0.2) is 0 Å². The van der Waals surface area contributed by atoms with Crippen molar-refractivity contribution in [1.82, 2.24) is 0 Å². The Hall–Kier alpha value is -0.460. The Labute approximate surface area is 25.6 Å². The van der Waals surface area contributed by atoms with Crippen LogP contribution in [0.4, 0.5) is 0 Å². The summed E-state index contributed by atoms with van der Waals surface area (Å²) in [4.78, 5) is 0. The summed E-state index contributed by atoms with van der Waals surface area (Å²) in [6, 6.07) is 0. The van der Waals surface area contributed by atoms with Gasteiger partial charge in [-0.3, -0.25) is 0 Å². The highest BCUT2D eigenvalue weighted by molar-refractivity contribution is 4.64. The largest absolute Gasteiger partial charge is 0.876 e. The van der Waals surface area contributed by atoms with Gasteiger partial charge < -0.3 is 5.11 Å². The van der Waals surface area contributed by atoms with Gasteiger partial charge in [0.1, 0.15) is 0 Å². The highest BCUT2D eigenvalue weighted by atomic mass is 16.3. The third kappa shape index (κ3) is 2.12. The van der Waals surface area contributed by atoms with Gasteiger partial charge in [-0.05, 0) is 0 Å². The zero-order valence-electron chi connectivity index (χ0n) is 2.62. The lowest BCUT2D eigenvalue weighted by atomic mass is 10.7. The molecule has 0 amide bonds. The van der Waals surface area contributed by atoms with Crippen LogP contribution in [0.3, 0.4) is 0 Å². The van der Waals surface area contributed by atoms with Crippen LogP contribution in [0.2, 0.25) is 0 Å². The molecular formula is C3H5O-. The lowest BCUT2D eigenvalue weighted by Gasteiger charge is -1.92. The van der Waals surface area contributed by atoms with E-state index in [0.717, 1.165) is 0 Å². The van der Waals surface area contributed by atoms with Crippen LogP contribution in [0.25, 0.3) is 0 Å². The second-order valence-electron chi connectivity index (χ2n) is 0.702. The van der Waals surface area contributed by atoms with Gasteiger partial charge >= 0.3 is 0 Å². The summed E-state index contributed by atoms with van der Waals surface area (Å²) in [6.45, 7) is 4.42. The van der Waals surface area contributed by atoms with E-state index in [4.69, 9.17) is 0 Å². The fourth-order valence-corrected chi connectivity index (χ4v) is 0. The molecule has 0 aliphatic rings. The second kappa shape index (κ2) is 0.934. The highest BCUT2D eigenvalue weighted by Crippen LogP contribution is 1.57. The summed E-state index contributed by atoms with van der Waals surface area (Å²) in [5.74, 6) is -0.0833. The molecule has 0 saturated carbocycles. The van der Waals surface area contributed by atoms with Gasteiger partial charge in [0.15, 0.2) is 0 Å². The molecule has 1 nitrogen and oxygen atoms in total. The van der Waals surface area contributed by atoms with Crippen molar-refractivity contribution in [2.45, 2.75) is 6.92 Å². The maximum atomic E-state index is 9.33. The second-order valence-corrected chi connectivity index (χ2v) is 0.702. The van der Waals surface area contributed by atoms with Crippen molar-refractivity contribution in [2.24, 2.45) is 0 Å². The zero-order valence-corrected chi connectivity index (χ0v) is 2.62. The lowest BCUT2D eigenvalue weighted by molar-refractivity contribution is -0.300. The number of hydrogen-bond donors (Lipinski definition) is 0. The molecule has 0 saturated heterocycles. The minimum atomic E-state index is -0.0833. The Morgan fingerprint density at radius 2 is 2.00 bits per heavy atom. The Morgan fingerprint density at radius 1 is 2.00 bits per heavy atom. The average Bonchev–Trinajstić information content (AvgIpc) is 0.811. The zero-order chi connectivity index (χ0) is 3.58. The van der Waals surface area contributed by atoms with Crippen LogP contribution in [0, 0.1) is 0 Å². The lowest BCUT2D eigenvalue weighted by Crippen LogP contribution is -1.92. The Balaban J connectivity index is 2.80.